The molecule has 2 aliphatic heterocycles. The Hall–Kier alpha value is -1.63. The zero-order valence-electron chi connectivity index (χ0n) is 12.9. The highest BCUT2D eigenvalue weighted by molar-refractivity contribution is 5.59. The van der Waals surface area contributed by atoms with E-state index in [0.717, 1.165) is 6.54 Å². The fraction of sp³-hybridized carbons (Fsp3) is 0.786. The molecule has 0 amide bonds. The van der Waals surface area contributed by atoms with E-state index in [0.29, 0.717) is 29.5 Å². The molecule has 1 aromatic heterocycles. The Morgan fingerprint density at radius 2 is 1.95 bits per heavy atom. The third-order valence-electron chi connectivity index (χ3n) is 5.13. The predicted molar refractivity (Wildman–Crippen MR) is 80.4 cm³/mol. The predicted octanol–water partition coefficient (Wildman–Crippen LogP) is 1.92. The first-order valence-electron chi connectivity index (χ1n) is 7.61. The molecule has 0 aromatic carbocycles. The average Bonchev–Trinajstić information content (AvgIpc) is 2.80. The summed E-state index contributed by atoms with van der Waals surface area (Å²) < 4.78 is 1.58. The molecule has 0 spiro atoms. The van der Waals surface area contributed by atoms with Gasteiger partial charge in [0.15, 0.2) is 0 Å². The van der Waals surface area contributed by atoms with Gasteiger partial charge in [0.05, 0.1) is 4.92 Å². The monoisotopic (exact) mass is 293 g/mol. The van der Waals surface area contributed by atoms with Crippen LogP contribution < -0.4 is 5.32 Å². The van der Waals surface area contributed by atoms with Gasteiger partial charge in [-0.25, -0.2) is 4.68 Å². The molecule has 1 aromatic rings. The summed E-state index contributed by atoms with van der Waals surface area (Å²) in [6, 6.07) is 1.39. The van der Waals surface area contributed by atoms with Gasteiger partial charge in [-0.05, 0) is 45.6 Å². The van der Waals surface area contributed by atoms with Crippen molar-refractivity contribution in [3.05, 3.63) is 15.8 Å². The normalized spacial score (nSPS) is 28.8. The molecule has 2 bridgehead atoms. The Balaban J connectivity index is 1.68. The zero-order chi connectivity index (χ0) is 15.1. The van der Waals surface area contributed by atoms with E-state index in [2.05, 4.69) is 22.4 Å². The number of rotatable bonds is 4. The van der Waals surface area contributed by atoms with Crippen LogP contribution in [-0.4, -0.2) is 45.3 Å². The fourth-order valence-corrected chi connectivity index (χ4v) is 4.00. The minimum absolute atomic E-state index is 0.105. The van der Waals surface area contributed by atoms with Gasteiger partial charge in [-0.3, -0.25) is 10.1 Å². The van der Waals surface area contributed by atoms with Crippen molar-refractivity contribution in [1.29, 1.82) is 0 Å². The summed E-state index contributed by atoms with van der Waals surface area (Å²) in [7, 11) is 3.97. The number of aryl methyl sites for hydroxylation is 2. The highest BCUT2D eigenvalue weighted by Gasteiger charge is 2.38. The number of nitrogens with zero attached hydrogens (tertiary/aromatic N) is 4. The van der Waals surface area contributed by atoms with E-state index in [1.54, 1.807) is 18.7 Å². The van der Waals surface area contributed by atoms with Gasteiger partial charge in [-0.15, -0.1) is 0 Å². The maximum atomic E-state index is 11.2. The quantitative estimate of drug-likeness (QED) is 0.678. The van der Waals surface area contributed by atoms with E-state index in [4.69, 9.17) is 0 Å². The molecule has 2 unspecified atom stereocenters. The van der Waals surface area contributed by atoms with Gasteiger partial charge in [-0.1, -0.05) is 0 Å². The molecule has 21 heavy (non-hydrogen) atoms. The molecule has 3 heterocycles. The molecule has 3 rings (SSSR count). The maximum absolute atomic E-state index is 11.2. The molecule has 0 saturated carbocycles. The number of fused-ring (bicyclic) bond motifs is 2. The zero-order valence-corrected chi connectivity index (χ0v) is 12.9. The van der Waals surface area contributed by atoms with Gasteiger partial charge in [0.2, 0.25) is 5.82 Å². The molecule has 2 fully saturated rings. The Morgan fingerprint density at radius 3 is 2.52 bits per heavy atom. The lowest BCUT2D eigenvalue weighted by molar-refractivity contribution is -0.384. The maximum Gasteiger partial charge on any atom is 0.333 e. The van der Waals surface area contributed by atoms with Crippen LogP contribution in [0.5, 0.6) is 0 Å². The Morgan fingerprint density at radius 1 is 1.33 bits per heavy atom. The van der Waals surface area contributed by atoms with E-state index in [-0.39, 0.29) is 10.6 Å². The molecule has 116 valence electrons. The van der Waals surface area contributed by atoms with Crippen molar-refractivity contribution in [1.82, 2.24) is 14.7 Å². The van der Waals surface area contributed by atoms with Gasteiger partial charge >= 0.3 is 5.69 Å². The molecule has 0 radical (unpaired) electrons. The minimum atomic E-state index is -0.344. The van der Waals surface area contributed by atoms with E-state index < -0.39 is 0 Å². The molecule has 2 saturated heterocycles. The summed E-state index contributed by atoms with van der Waals surface area (Å²) in [4.78, 5) is 13.3. The van der Waals surface area contributed by atoms with Crippen molar-refractivity contribution in [3.63, 3.8) is 0 Å². The van der Waals surface area contributed by atoms with Crippen molar-refractivity contribution in [2.45, 2.75) is 44.7 Å². The smallest absolute Gasteiger partial charge is 0.333 e. The van der Waals surface area contributed by atoms with Crippen molar-refractivity contribution in [3.8, 4) is 0 Å². The van der Waals surface area contributed by atoms with Crippen LogP contribution in [0, 0.1) is 23.0 Å². The van der Waals surface area contributed by atoms with Crippen molar-refractivity contribution in [2.24, 2.45) is 13.0 Å². The molecule has 2 atom stereocenters. The first-order chi connectivity index (χ1) is 9.97. The Kier molecular flexibility index (Phi) is 3.61. The standard InChI is InChI=1S/C14H23N5O2/c1-9-13(19(20)21)14(18(3)16-9)15-8-10-6-11-4-5-12(7-10)17(11)2/h10-12,15H,4-8H2,1-3H3. The van der Waals surface area contributed by atoms with Crippen LogP contribution in [0.25, 0.3) is 0 Å². The number of nitrogens with one attached hydrogen (secondary N) is 1. The van der Waals surface area contributed by atoms with Crippen LogP contribution in [-0.2, 0) is 7.05 Å². The van der Waals surface area contributed by atoms with Gasteiger partial charge in [0.1, 0.15) is 5.69 Å². The minimum Gasteiger partial charge on any atom is -0.364 e. The van der Waals surface area contributed by atoms with Crippen molar-refractivity contribution >= 4 is 11.5 Å². The molecular formula is C14H23N5O2. The number of piperidine rings is 1. The van der Waals surface area contributed by atoms with E-state index in [1.807, 2.05) is 0 Å². The van der Waals surface area contributed by atoms with Crippen LogP contribution >= 0.6 is 0 Å². The van der Waals surface area contributed by atoms with Crippen molar-refractivity contribution in [2.75, 3.05) is 18.9 Å². The summed E-state index contributed by atoms with van der Waals surface area (Å²) in [5, 5.41) is 18.6. The van der Waals surface area contributed by atoms with E-state index in [1.165, 1.54) is 25.7 Å². The second-order valence-electron chi connectivity index (χ2n) is 6.43. The lowest BCUT2D eigenvalue weighted by Gasteiger charge is -2.36. The highest BCUT2D eigenvalue weighted by atomic mass is 16.6. The summed E-state index contributed by atoms with van der Waals surface area (Å²) in [5.74, 6) is 1.12. The summed E-state index contributed by atoms with van der Waals surface area (Å²) in [6.45, 7) is 2.47. The van der Waals surface area contributed by atoms with Crippen LogP contribution in [0.2, 0.25) is 0 Å². The number of nitro groups is 1. The van der Waals surface area contributed by atoms with Gasteiger partial charge in [-0.2, -0.15) is 5.10 Å². The second kappa shape index (κ2) is 5.29. The van der Waals surface area contributed by atoms with E-state index in [9.17, 15) is 10.1 Å². The van der Waals surface area contributed by atoms with Crippen LogP contribution in [0.15, 0.2) is 0 Å². The van der Waals surface area contributed by atoms with Crippen LogP contribution in [0.3, 0.4) is 0 Å². The molecule has 7 heteroatoms. The van der Waals surface area contributed by atoms with Gasteiger partial charge < -0.3 is 10.2 Å². The van der Waals surface area contributed by atoms with E-state index >= 15 is 0 Å². The average molecular weight is 293 g/mol. The highest BCUT2D eigenvalue weighted by Crippen LogP contribution is 2.37. The first-order valence-corrected chi connectivity index (χ1v) is 7.61. The lowest BCUT2D eigenvalue weighted by Crippen LogP contribution is -2.41. The second-order valence-corrected chi connectivity index (χ2v) is 6.43. The number of hydrogen-bond acceptors (Lipinski definition) is 5. The van der Waals surface area contributed by atoms with Crippen LogP contribution in [0.1, 0.15) is 31.4 Å². The number of anilines is 1. The fourth-order valence-electron chi connectivity index (χ4n) is 4.00. The van der Waals surface area contributed by atoms with Crippen LogP contribution in [0.4, 0.5) is 11.5 Å². The molecule has 0 aliphatic carbocycles. The van der Waals surface area contributed by atoms with Gasteiger partial charge in [0.25, 0.3) is 0 Å². The molecule has 2 aliphatic rings. The molecule has 7 nitrogen and oxygen atoms in total. The third-order valence-corrected chi connectivity index (χ3v) is 5.13. The Labute approximate surface area is 124 Å². The number of aromatic nitrogens is 2. The van der Waals surface area contributed by atoms with Crippen molar-refractivity contribution < 1.29 is 4.92 Å². The molecule has 1 N–H and O–H groups in total. The summed E-state index contributed by atoms with van der Waals surface area (Å²) in [5.41, 5.74) is 0.571. The Bertz CT molecular complexity index is 542. The number of hydrogen-bond donors (Lipinski definition) is 1. The first kappa shape index (κ1) is 14.3. The topological polar surface area (TPSA) is 76.2 Å². The SMILES string of the molecule is Cc1nn(C)c(NCC2CC3CCC(C2)N3C)c1[N+](=O)[O-]. The summed E-state index contributed by atoms with van der Waals surface area (Å²) in [6.07, 6.45) is 4.96. The lowest BCUT2D eigenvalue weighted by atomic mass is 9.91. The largest absolute Gasteiger partial charge is 0.364 e. The van der Waals surface area contributed by atoms with Gasteiger partial charge in [0, 0.05) is 25.7 Å². The molecular weight excluding hydrogens is 270 g/mol. The summed E-state index contributed by atoms with van der Waals surface area (Å²) >= 11 is 0. The third kappa shape index (κ3) is 2.50.